The summed E-state index contributed by atoms with van der Waals surface area (Å²) in [6, 6.07) is 0. The van der Waals surface area contributed by atoms with Crippen LogP contribution in [-0.2, 0) is 19.1 Å². The van der Waals surface area contributed by atoms with Gasteiger partial charge in [-0.1, -0.05) is 59.8 Å². The van der Waals surface area contributed by atoms with Crippen LogP contribution in [0.1, 0.15) is 80.1 Å². The zero-order valence-electron chi connectivity index (χ0n) is 21.9. The Morgan fingerprint density at radius 1 is 1.15 bits per heavy atom. The van der Waals surface area contributed by atoms with Gasteiger partial charge in [-0.05, 0) is 61.3 Å². The van der Waals surface area contributed by atoms with E-state index in [1.165, 1.54) is 5.57 Å². The Bertz CT molecular complexity index is 726. The number of carbonyl (C=O) groups excluding carboxylic acids is 2. The first-order valence-electron chi connectivity index (χ1n) is 13.1. The van der Waals surface area contributed by atoms with Crippen molar-refractivity contribution in [3.05, 3.63) is 23.8 Å². The van der Waals surface area contributed by atoms with Crippen molar-refractivity contribution in [3.8, 4) is 0 Å². The molecule has 0 radical (unpaired) electrons. The zero-order chi connectivity index (χ0) is 25.4. The van der Waals surface area contributed by atoms with Crippen LogP contribution in [0.5, 0.6) is 0 Å². The van der Waals surface area contributed by atoms with E-state index in [0.717, 1.165) is 19.3 Å². The second-order valence-corrected chi connectivity index (χ2v) is 11.0. The Balaban J connectivity index is 1.98. The lowest BCUT2D eigenvalue weighted by atomic mass is 9.65. The standard InChI is InChI=1S/C28H46O6/c1-7-19(5)28(32)34-25-13-18(4)12-21-9-8-20(6)24(27(21)25)11-10-22(29)14-23(30)15-26(31)33-16-17(2)3/h8-9,12,17-20,22-25,27,29-30H,7,10-11,13-16H2,1-6H3. The molecule has 0 aromatic carbocycles. The van der Waals surface area contributed by atoms with Crippen LogP contribution in [0, 0.1) is 35.5 Å². The van der Waals surface area contributed by atoms with E-state index < -0.39 is 18.2 Å². The lowest BCUT2D eigenvalue weighted by Crippen LogP contribution is -2.41. The van der Waals surface area contributed by atoms with Gasteiger partial charge in [0.15, 0.2) is 0 Å². The van der Waals surface area contributed by atoms with Crippen molar-refractivity contribution in [1.29, 1.82) is 0 Å². The summed E-state index contributed by atoms with van der Waals surface area (Å²) in [4.78, 5) is 24.5. The van der Waals surface area contributed by atoms with E-state index in [0.29, 0.717) is 24.9 Å². The first kappa shape index (κ1) is 28.6. The van der Waals surface area contributed by atoms with E-state index in [9.17, 15) is 19.8 Å². The van der Waals surface area contributed by atoms with Crippen molar-refractivity contribution in [3.63, 3.8) is 0 Å². The van der Waals surface area contributed by atoms with Crippen LogP contribution >= 0.6 is 0 Å². The van der Waals surface area contributed by atoms with Crippen molar-refractivity contribution in [2.45, 2.75) is 98.4 Å². The molecule has 2 rings (SSSR count). The minimum absolute atomic E-state index is 0.104. The summed E-state index contributed by atoms with van der Waals surface area (Å²) in [5.74, 6) is 0.558. The van der Waals surface area contributed by atoms with Crippen LogP contribution in [0.15, 0.2) is 23.8 Å². The third kappa shape index (κ3) is 8.53. The molecular formula is C28H46O6. The maximum atomic E-state index is 12.6. The Morgan fingerprint density at radius 3 is 2.50 bits per heavy atom. The molecule has 2 N–H and O–H groups in total. The monoisotopic (exact) mass is 478 g/mol. The second-order valence-electron chi connectivity index (χ2n) is 11.0. The van der Waals surface area contributed by atoms with Crippen LogP contribution in [0.3, 0.4) is 0 Å². The fraction of sp³-hybridized carbons (Fsp3) is 0.786. The van der Waals surface area contributed by atoms with Crippen LogP contribution in [0.2, 0.25) is 0 Å². The summed E-state index contributed by atoms with van der Waals surface area (Å²) < 4.78 is 11.2. The molecule has 2 aliphatic rings. The highest BCUT2D eigenvalue weighted by molar-refractivity contribution is 5.72. The highest BCUT2D eigenvalue weighted by Crippen LogP contribution is 2.45. The molecule has 6 nitrogen and oxygen atoms in total. The molecule has 0 aromatic heterocycles. The number of esters is 2. The van der Waals surface area contributed by atoms with Gasteiger partial charge >= 0.3 is 11.9 Å². The second kappa shape index (κ2) is 13.4. The molecule has 0 saturated heterocycles. The first-order chi connectivity index (χ1) is 16.0. The minimum atomic E-state index is -0.923. The molecule has 2 aliphatic carbocycles. The van der Waals surface area contributed by atoms with Gasteiger partial charge in [-0.2, -0.15) is 0 Å². The topological polar surface area (TPSA) is 93.1 Å². The van der Waals surface area contributed by atoms with Crippen molar-refractivity contribution >= 4 is 11.9 Å². The van der Waals surface area contributed by atoms with Crippen LogP contribution in [-0.4, -0.2) is 47.1 Å². The molecule has 0 saturated carbocycles. The van der Waals surface area contributed by atoms with Crippen LogP contribution < -0.4 is 0 Å². The van der Waals surface area contributed by atoms with Gasteiger partial charge in [-0.25, -0.2) is 0 Å². The molecule has 34 heavy (non-hydrogen) atoms. The van der Waals surface area contributed by atoms with Gasteiger partial charge < -0.3 is 19.7 Å². The van der Waals surface area contributed by atoms with Gasteiger partial charge in [0.2, 0.25) is 0 Å². The molecule has 0 heterocycles. The molecule has 0 spiro atoms. The highest BCUT2D eigenvalue weighted by Gasteiger charge is 2.41. The van der Waals surface area contributed by atoms with Gasteiger partial charge in [0.25, 0.3) is 0 Å². The lowest BCUT2D eigenvalue weighted by molar-refractivity contribution is -0.158. The summed E-state index contributed by atoms with van der Waals surface area (Å²) in [5.41, 5.74) is 1.23. The number of aliphatic hydroxyl groups is 2. The van der Waals surface area contributed by atoms with Crippen LogP contribution in [0.25, 0.3) is 0 Å². The highest BCUT2D eigenvalue weighted by atomic mass is 16.5. The van der Waals surface area contributed by atoms with Gasteiger partial charge in [-0.3, -0.25) is 9.59 Å². The maximum Gasteiger partial charge on any atom is 0.308 e. The number of hydrogen-bond donors (Lipinski definition) is 2. The quantitative estimate of drug-likeness (QED) is 0.390. The van der Waals surface area contributed by atoms with Crippen molar-refractivity contribution in [2.75, 3.05) is 6.61 Å². The SMILES string of the molecule is CCC(C)C(=O)OC1CC(C)C=C2C=CC(C)C(CCC(O)CC(O)CC(=O)OCC(C)C)C21. The third-order valence-electron chi connectivity index (χ3n) is 7.23. The molecule has 6 heteroatoms. The first-order valence-corrected chi connectivity index (χ1v) is 13.1. The van der Waals surface area contributed by atoms with Gasteiger partial charge in [-0.15, -0.1) is 0 Å². The Labute approximate surface area is 205 Å². The predicted octanol–water partition coefficient (Wildman–Crippen LogP) is 4.83. The molecule has 0 amide bonds. The summed E-state index contributed by atoms with van der Waals surface area (Å²) in [7, 11) is 0. The molecule has 0 bridgehead atoms. The van der Waals surface area contributed by atoms with E-state index in [2.05, 4.69) is 32.1 Å². The summed E-state index contributed by atoms with van der Waals surface area (Å²) in [6.07, 6.45) is 7.77. The fourth-order valence-electron chi connectivity index (χ4n) is 5.06. The maximum absolute atomic E-state index is 12.6. The van der Waals surface area contributed by atoms with E-state index >= 15 is 0 Å². The van der Waals surface area contributed by atoms with Crippen molar-refractivity contribution in [2.24, 2.45) is 35.5 Å². The van der Waals surface area contributed by atoms with Gasteiger partial charge in [0.05, 0.1) is 31.2 Å². The number of allylic oxidation sites excluding steroid dienone is 3. The van der Waals surface area contributed by atoms with Crippen molar-refractivity contribution < 1.29 is 29.3 Å². The molecule has 0 fully saturated rings. The molecule has 0 aromatic rings. The third-order valence-corrected chi connectivity index (χ3v) is 7.23. The number of ether oxygens (including phenoxy) is 2. The zero-order valence-corrected chi connectivity index (χ0v) is 21.9. The average Bonchev–Trinajstić information content (AvgIpc) is 2.76. The minimum Gasteiger partial charge on any atom is -0.465 e. The molecule has 8 unspecified atom stereocenters. The number of carbonyl (C=O) groups is 2. The summed E-state index contributed by atoms with van der Waals surface area (Å²) in [5, 5.41) is 20.8. The fourth-order valence-corrected chi connectivity index (χ4v) is 5.06. The predicted molar refractivity (Wildman–Crippen MR) is 133 cm³/mol. The Kier molecular flexibility index (Phi) is 11.3. The number of hydrogen-bond acceptors (Lipinski definition) is 6. The number of fused-ring (bicyclic) bond motifs is 1. The Morgan fingerprint density at radius 2 is 1.85 bits per heavy atom. The number of rotatable bonds is 12. The van der Waals surface area contributed by atoms with E-state index in [1.54, 1.807) is 0 Å². The van der Waals surface area contributed by atoms with Gasteiger partial charge in [0, 0.05) is 5.92 Å². The summed E-state index contributed by atoms with van der Waals surface area (Å²) >= 11 is 0. The number of aliphatic hydroxyl groups excluding tert-OH is 2. The Hall–Kier alpha value is -1.66. The lowest BCUT2D eigenvalue weighted by Gasteiger charge is -2.43. The largest absolute Gasteiger partial charge is 0.465 e. The molecule has 194 valence electrons. The smallest absolute Gasteiger partial charge is 0.308 e. The normalized spacial score (nSPS) is 29.1. The van der Waals surface area contributed by atoms with Crippen LogP contribution in [0.4, 0.5) is 0 Å². The van der Waals surface area contributed by atoms with Gasteiger partial charge in [0.1, 0.15) is 6.10 Å². The van der Waals surface area contributed by atoms with E-state index in [1.807, 2.05) is 27.7 Å². The average molecular weight is 479 g/mol. The van der Waals surface area contributed by atoms with E-state index in [-0.39, 0.29) is 48.6 Å². The molecular weight excluding hydrogens is 432 g/mol. The molecule has 8 atom stereocenters. The van der Waals surface area contributed by atoms with Crippen molar-refractivity contribution in [1.82, 2.24) is 0 Å². The molecule has 0 aliphatic heterocycles. The van der Waals surface area contributed by atoms with E-state index in [4.69, 9.17) is 9.47 Å². The summed E-state index contributed by atoms with van der Waals surface area (Å²) in [6.45, 7) is 12.5.